The van der Waals surface area contributed by atoms with Crippen molar-refractivity contribution in [2.75, 3.05) is 7.05 Å². The highest BCUT2D eigenvalue weighted by Gasteiger charge is 2.29. The van der Waals surface area contributed by atoms with Crippen LogP contribution in [0.25, 0.3) is 5.65 Å². The molecule has 0 bridgehead atoms. The Labute approximate surface area is 199 Å². The molecule has 3 heterocycles. The highest BCUT2D eigenvalue weighted by molar-refractivity contribution is 5.94. The SMILES string of the molecule is CN(Cc1cn2ccccc2n1)C(=O)c1ccc(C[C@@H]2CC[C@H]([C@H](O)c3ccccc3)N2)cc1. The number of carbonyl (C=O) groups is 1. The lowest BCUT2D eigenvalue weighted by Crippen LogP contribution is -2.35. The standard InChI is InChI=1S/C28H30N4O2/c1-31(18-24-19-32-16-6-5-9-26(32)30-24)28(34)22-12-10-20(11-13-22)17-23-14-15-25(29-23)27(33)21-7-3-2-4-8-21/h2-13,16,19,23,25,27,29,33H,14-15,17-18H2,1H3/t23-,25+,27+/m0/s1. The Morgan fingerprint density at radius 1 is 1.09 bits per heavy atom. The third-order valence-corrected chi connectivity index (χ3v) is 6.64. The van der Waals surface area contributed by atoms with Crippen LogP contribution in [0.15, 0.2) is 85.2 Å². The van der Waals surface area contributed by atoms with Crippen LogP contribution in [-0.4, -0.2) is 44.4 Å². The molecule has 174 valence electrons. The van der Waals surface area contributed by atoms with Gasteiger partial charge in [-0.25, -0.2) is 4.98 Å². The summed E-state index contributed by atoms with van der Waals surface area (Å²) < 4.78 is 1.96. The van der Waals surface area contributed by atoms with Crippen molar-refractivity contribution in [3.8, 4) is 0 Å². The fourth-order valence-corrected chi connectivity index (χ4v) is 4.81. The number of benzene rings is 2. The number of aromatic nitrogens is 2. The molecule has 0 radical (unpaired) electrons. The molecule has 0 spiro atoms. The predicted octanol–water partition coefficient (Wildman–Crippen LogP) is 4.00. The van der Waals surface area contributed by atoms with Crippen LogP contribution in [-0.2, 0) is 13.0 Å². The zero-order valence-corrected chi connectivity index (χ0v) is 19.3. The molecule has 2 N–H and O–H groups in total. The van der Waals surface area contributed by atoms with Gasteiger partial charge in [0.05, 0.1) is 18.3 Å². The van der Waals surface area contributed by atoms with E-state index in [1.54, 1.807) is 11.9 Å². The van der Waals surface area contributed by atoms with Gasteiger partial charge in [0.15, 0.2) is 0 Å². The molecule has 3 atom stereocenters. The second-order valence-electron chi connectivity index (χ2n) is 9.16. The molecule has 4 aromatic rings. The van der Waals surface area contributed by atoms with Crippen molar-refractivity contribution in [2.45, 2.75) is 44.0 Å². The lowest BCUT2D eigenvalue weighted by molar-refractivity contribution is 0.0783. The van der Waals surface area contributed by atoms with Crippen molar-refractivity contribution >= 4 is 11.6 Å². The third kappa shape index (κ3) is 4.88. The molecule has 6 nitrogen and oxygen atoms in total. The Bertz CT molecular complexity index is 1220. The average molecular weight is 455 g/mol. The van der Waals surface area contributed by atoms with E-state index >= 15 is 0 Å². The number of rotatable bonds is 7. The molecule has 1 aliphatic rings. The summed E-state index contributed by atoms with van der Waals surface area (Å²) in [5, 5.41) is 14.3. The summed E-state index contributed by atoms with van der Waals surface area (Å²) in [6.07, 6.45) is 6.27. The van der Waals surface area contributed by atoms with Crippen molar-refractivity contribution in [1.29, 1.82) is 0 Å². The van der Waals surface area contributed by atoms with Crippen molar-refractivity contribution in [3.05, 3.63) is 108 Å². The van der Waals surface area contributed by atoms with Crippen LogP contribution in [0.4, 0.5) is 0 Å². The monoisotopic (exact) mass is 454 g/mol. The quantitative estimate of drug-likeness (QED) is 0.443. The first kappa shape index (κ1) is 22.3. The maximum atomic E-state index is 12.9. The number of pyridine rings is 1. The molecule has 0 saturated carbocycles. The number of imidazole rings is 1. The fourth-order valence-electron chi connectivity index (χ4n) is 4.81. The summed E-state index contributed by atoms with van der Waals surface area (Å²) in [6.45, 7) is 0.458. The zero-order chi connectivity index (χ0) is 23.5. The Morgan fingerprint density at radius 2 is 1.85 bits per heavy atom. The Hall–Kier alpha value is -3.48. The second-order valence-corrected chi connectivity index (χ2v) is 9.16. The summed E-state index contributed by atoms with van der Waals surface area (Å²) in [6, 6.07) is 24.0. The number of aliphatic hydroxyl groups is 1. The van der Waals surface area contributed by atoms with Crippen LogP contribution in [0.2, 0.25) is 0 Å². The van der Waals surface area contributed by atoms with Crippen molar-refractivity contribution in [3.63, 3.8) is 0 Å². The van der Waals surface area contributed by atoms with Crippen LogP contribution in [0.1, 0.15) is 46.1 Å². The molecule has 1 aliphatic heterocycles. The Balaban J connectivity index is 1.16. The van der Waals surface area contributed by atoms with E-state index in [0.717, 1.165) is 36.2 Å². The molecular formula is C28H30N4O2. The van der Waals surface area contributed by atoms with Gasteiger partial charge < -0.3 is 19.7 Å². The minimum Gasteiger partial charge on any atom is -0.387 e. The maximum Gasteiger partial charge on any atom is 0.253 e. The van der Waals surface area contributed by atoms with Crippen LogP contribution in [0.3, 0.4) is 0 Å². The van der Waals surface area contributed by atoms with Gasteiger partial charge in [-0.15, -0.1) is 0 Å². The summed E-state index contributed by atoms with van der Waals surface area (Å²) in [5.41, 5.74) is 4.55. The lowest BCUT2D eigenvalue weighted by atomic mass is 10.0. The predicted molar refractivity (Wildman–Crippen MR) is 132 cm³/mol. The highest BCUT2D eigenvalue weighted by atomic mass is 16.3. The van der Waals surface area contributed by atoms with E-state index in [9.17, 15) is 9.90 Å². The van der Waals surface area contributed by atoms with Crippen molar-refractivity contribution in [1.82, 2.24) is 19.6 Å². The largest absolute Gasteiger partial charge is 0.387 e. The number of nitrogens with zero attached hydrogens (tertiary/aromatic N) is 3. The van der Waals surface area contributed by atoms with Crippen molar-refractivity contribution < 1.29 is 9.90 Å². The van der Waals surface area contributed by atoms with E-state index in [0.29, 0.717) is 18.2 Å². The smallest absolute Gasteiger partial charge is 0.253 e. The van der Waals surface area contributed by atoms with Gasteiger partial charge >= 0.3 is 0 Å². The van der Waals surface area contributed by atoms with Gasteiger partial charge in [-0.05, 0) is 54.7 Å². The molecular weight excluding hydrogens is 424 g/mol. The molecule has 1 saturated heterocycles. The molecule has 5 rings (SSSR count). The Morgan fingerprint density at radius 3 is 2.62 bits per heavy atom. The van der Waals surface area contributed by atoms with Gasteiger partial charge in [0.25, 0.3) is 5.91 Å². The molecule has 1 amide bonds. The topological polar surface area (TPSA) is 69.9 Å². The first-order valence-corrected chi connectivity index (χ1v) is 11.8. The molecule has 0 unspecified atom stereocenters. The number of aliphatic hydroxyl groups excluding tert-OH is 1. The minimum absolute atomic E-state index is 0.0198. The van der Waals surface area contributed by atoms with Gasteiger partial charge in [-0.1, -0.05) is 48.5 Å². The van der Waals surface area contributed by atoms with Gasteiger partial charge in [0.1, 0.15) is 5.65 Å². The second kappa shape index (κ2) is 9.79. The number of nitrogens with one attached hydrogen (secondary N) is 1. The third-order valence-electron chi connectivity index (χ3n) is 6.64. The van der Waals surface area contributed by atoms with Gasteiger partial charge in [0, 0.05) is 37.1 Å². The van der Waals surface area contributed by atoms with E-state index in [4.69, 9.17) is 0 Å². The van der Waals surface area contributed by atoms with E-state index in [1.165, 1.54) is 5.56 Å². The van der Waals surface area contributed by atoms with Crippen LogP contribution >= 0.6 is 0 Å². The number of carbonyl (C=O) groups excluding carboxylic acids is 1. The van der Waals surface area contributed by atoms with Crippen LogP contribution in [0.5, 0.6) is 0 Å². The average Bonchev–Trinajstić information content (AvgIpc) is 3.50. The number of fused-ring (bicyclic) bond motifs is 1. The molecule has 34 heavy (non-hydrogen) atoms. The molecule has 2 aromatic heterocycles. The Kier molecular flexibility index (Phi) is 6.43. The van der Waals surface area contributed by atoms with Crippen LogP contribution < -0.4 is 5.32 Å². The van der Waals surface area contributed by atoms with Crippen LogP contribution in [0, 0.1) is 0 Å². The fraction of sp³-hybridized carbons (Fsp3) is 0.286. The summed E-state index contributed by atoms with van der Waals surface area (Å²) in [5.74, 6) is -0.0198. The molecule has 1 fully saturated rings. The molecule has 2 aromatic carbocycles. The van der Waals surface area contributed by atoms with Gasteiger partial charge in [-0.3, -0.25) is 4.79 Å². The summed E-state index contributed by atoms with van der Waals surface area (Å²) >= 11 is 0. The highest BCUT2D eigenvalue weighted by Crippen LogP contribution is 2.26. The van der Waals surface area contributed by atoms with E-state index in [2.05, 4.69) is 10.3 Å². The molecule has 6 heteroatoms. The summed E-state index contributed by atoms with van der Waals surface area (Å²) in [4.78, 5) is 19.2. The maximum absolute atomic E-state index is 12.9. The number of hydrogen-bond acceptors (Lipinski definition) is 4. The lowest BCUT2D eigenvalue weighted by Gasteiger charge is -2.20. The van der Waals surface area contributed by atoms with E-state index in [-0.39, 0.29) is 11.9 Å². The first-order valence-electron chi connectivity index (χ1n) is 11.8. The summed E-state index contributed by atoms with van der Waals surface area (Å²) in [7, 11) is 1.81. The first-order chi connectivity index (χ1) is 16.6. The van der Waals surface area contributed by atoms with Crippen molar-refractivity contribution in [2.24, 2.45) is 0 Å². The number of hydrogen-bond donors (Lipinski definition) is 2. The minimum atomic E-state index is -0.491. The van der Waals surface area contributed by atoms with E-state index < -0.39 is 6.10 Å². The number of amides is 1. The zero-order valence-electron chi connectivity index (χ0n) is 19.3. The van der Waals surface area contributed by atoms with Gasteiger partial charge in [0.2, 0.25) is 0 Å². The van der Waals surface area contributed by atoms with Gasteiger partial charge in [-0.2, -0.15) is 0 Å². The molecule has 0 aliphatic carbocycles. The van der Waals surface area contributed by atoms with E-state index in [1.807, 2.05) is 89.6 Å². The normalized spacial score (nSPS) is 18.8.